The number of benzene rings is 12. The van der Waals surface area contributed by atoms with Crippen LogP contribution in [0.5, 0.6) is 0 Å². The van der Waals surface area contributed by atoms with E-state index in [0.717, 1.165) is 106 Å². The maximum Gasteiger partial charge on any atom is 0.148 e. The van der Waals surface area contributed by atoms with Crippen molar-refractivity contribution >= 4 is 72.7 Å². The lowest BCUT2D eigenvalue weighted by Gasteiger charge is -2.36. The van der Waals surface area contributed by atoms with Gasteiger partial charge >= 0.3 is 0 Å². The lowest BCUT2D eigenvalue weighted by Crippen LogP contribution is -2.18. The molecule has 3 nitrogen and oxygen atoms in total. The smallest absolute Gasteiger partial charge is 0.148 e. The van der Waals surface area contributed by atoms with Crippen molar-refractivity contribution in [1.29, 1.82) is 0 Å². The molecular formula is C68H45F2N3. The first kappa shape index (κ1) is 43.4. The molecule has 0 bridgehead atoms. The predicted octanol–water partition coefficient (Wildman–Crippen LogP) is 19.7. The van der Waals surface area contributed by atoms with Crippen LogP contribution in [0.4, 0.5) is 60.0 Å². The highest BCUT2D eigenvalue weighted by Gasteiger charge is 2.31. The van der Waals surface area contributed by atoms with Gasteiger partial charge in [-0.3, -0.25) is 0 Å². The Bertz CT molecular complexity index is 3990. The lowest BCUT2D eigenvalue weighted by molar-refractivity contribution is 0.628. The average Bonchev–Trinajstić information content (AvgIpc) is 3.45. The lowest BCUT2D eigenvalue weighted by atomic mass is 9.89. The highest BCUT2D eigenvalue weighted by atomic mass is 19.1. The second-order valence-electron chi connectivity index (χ2n) is 18.4. The van der Waals surface area contributed by atoms with Crippen LogP contribution < -0.4 is 14.7 Å². The Labute approximate surface area is 423 Å². The number of rotatable bonds is 10. The molecule has 346 valence electrons. The molecule has 1 aliphatic rings. The van der Waals surface area contributed by atoms with Crippen molar-refractivity contribution in [2.75, 3.05) is 14.7 Å². The van der Waals surface area contributed by atoms with Crippen LogP contribution in [0.1, 0.15) is 0 Å². The predicted molar refractivity (Wildman–Crippen MR) is 301 cm³/mol. The van der Waals surface area contributed by atoms with Gasteiger partial charge in [-0.1, -0.05) is 182 Å². The minimum atomic E-state index is -0.334. The van der Waals surface area contributed by atoms with Crippen LogP contribution >= 0.6 is 0 Å². The van der Waals surface area contributed by atoms with Crippen molar-refractivity contribution in [1.82, 2.24) is 0 Å². The van der Waals surface area contributed by atoms with Gasteiger partial charge in [-0.2, -0.15) is 0 Å². The number of fused-ring (bicyclic) bond motifs is 3. The van der Waals surface area contributed by atoms with Crippen molar-refractivity contribution in [3.8, 4) is 44.5 Å². The summed E-state index contributed by atoms with van der Waals surface area (Å²) < 4.78 is 33.9. The first-order valence-electron chi connectivity index (χ1n) is 24.5. The van der Waals surface area contributed by atoms with Gasteiger partial charge in [0.15, 0.2) is 0 Å². The highest BCUT2D eigenvalue weighted by Crippen LogP contribution is 2.56. The largest absolute Gasteiger partial charge is 0.310 e. The molecule has 5 heteroatoms. The summed E-state index contributed by atoms with van der Waals surface area (Å²) >= 11 is 0. The summed E-state index contributed by atoms with van der Waals surface area (Å²) in [6.07, 6.45) is 0. The van der Waals surface area contributed by atoms with E-state index in [-0.39, 0.29) is 11.6 Å². The van der Waals surface area contributed by atoms with Crippen molar-refractivity contribution < 1.29 is 8.78 Å². The summed E-state index contributed by atoms with van der Waals surface area (Å²) in [5, 5.41) is 4.16. The topological polar surface area (TPSA) is 9.72 Å². The quantitative estimate of drug-likeness (QED) is 0.135. The van der Waals surface area contributed by atoms with E-state index in [2.05, 4.69) is 136 Å². The Morgan fingerprint density at radius 2 is 0.918 bits per heavy atom. The summed E-state index contributed by atoms with van der Waals surface area (Å²) in [5.74, 6) is -0.659. The molecule has 0 aromatic heterocycles. The van der Waals surface area contributed by atoms with Crippen LogP contribution in [-0.2, 0) is 0 Å². The third-order valence-corrected chi connectivity index (χ3v) is 14.0. The van der Waals surface area contributed by atoms with Crippen LogP contribution in [-0.4, -0.2) is 0 Å². The fourth-order valence-electron chi connectivity index (χ4n) is 10.8. The second-order valence-corrected chi connectivity index (χ2v) is 18.4. The molecule has 0 atom stereocenters. The molecule has 12 aromatic rings. The Morgan fingerprint density at radius 3 is 1.66 bits per heavy atom. The molecule has 73 heavy (non-hydrogen) atoms. The van der Waals surface area contributed by atoms with E-state index in [4.69, 9.17) is 0 Å². The summed E-state index contributed by atoms with van der Waals surface area (Å²) in [5.41, 5.74) is 14.8. The standard InChI is InChI=1S/C68H45F2N3/c69-51-40-50(58-33-18-25-47-24-16-17-32-57(47)58)41-56(44-51)71(52-26-10-3-11-27-52)55-36-37-59-60-38-39-64(61-34-19-35-65(67(60)61)72(66(59)45-55)53-28-12-4-13-29-53)73(54-30-14-5-15-31-54)68-62(48-22-8-2-9-23-48)42-49(43-63(68)70)46-20-6-1-7-21-46/h1-45H. The maximum atomic E-state index is 17.7. The summed E-state index contributed by atoms with van der Waals surface area (Å²) in [6.45, 7) is 0. The van der Waals surface area contributed by atoms with Crippen LogP contribution in [0.3, 0.4) is 0 Å². The average molecular weight is 942 g/mol. The van der Waals surface area contributed by atoms with E-state index in [1.165, 1.54) is 0 Å². The zero-order valence-corrected chi connectivity index (χ0v) is 39.6. The van der Waals surface area contributed by atoms with Gasteiger partial charge in [0.25, 0.3) is 0 Å². The van der Waals surface area contributed by atoms with E-state index >= 15 is 8.78 Å². The first-order chi connectivity index (χ1) is 36.1. The van der Waals surface area contributed by atoms with Crippen molar-refractivity contribution in [2.24, 2.45) is 0 Å². The fourth-order valence-corrected chi connectivity index (χ4v) is 10.8. The molecule has 1 heterocycles. The molecule has 0 saturated heterocycles. The van der Waals surface area contributed by atoms with Gasteiger partial charge in [0.05, 0.1) is 22.7 Å². The van der Waals surface area contributed by atoms with Crippen LogP contribution in [0.25, 0.3) is 66.1 Å². The molecule has 12 aromatic carbocycles. The van der Waals surface area contributed by atoms with Gasteiger partial charge in [0, 0.05) is 50.3 Å². The minimum Gasteiger partial charge on any atom is -0.310 e. The Balaban J connectivity index is 1.02. The van der Waals surface area contributed by atoms with Gasteiger partial charge in [-0.15, -0.1) is 0 Å². The van der Waals surface area contributed by atoms with Gasteiger partial charge in [0.1, 0.15) is 11.6 Å². The number of hydrogen-bond donors (Lipinski definition) is 0. The van der Waals surface area contributed by atoms with E-state index in [9.17, 15) is 0 Å². The molecule has 0 N–H and O–H groups in total. The SMILES string of the molecule is Fc1cc(-c2cccc3ccccc23)cc(N(c2ccccc2)c2ccc3c(c2)N(c2ccccc2)c2cccc4c(N(c5ccccc5)c5c(F)cc(-c6ccccc6)cc5-c5ccccc5)ccc-3c24)c1. The third kappa shape index (κ3) is 7.75. The molecule has 0 aliphatic carbocycles. The molecule has 0 radical (unpaired) electrons. The van der Waals surface area contributed by atoms with Gasteiger partial charge in [0.2, 0.25) is 0 Å². The first-order valence-corrected chi connectivity index (χ1v) is 24.5. The van der Waals surface area contributed by atoms with E-state index < -0.39 is 0 Å². The van der Waals surface area contributed by atoms with Gasteiger partial charge < -0.3 is 14.7 Å². The molecular weight excluding hydrogens is 897 g/mol. The third-order valence-electron chi connectivity index (χ3n) is 14.0. The highest BCUT2D eigenvalue weighted by molar-refractivity contribution is 6.18. The molecule has 0 fully saturated rings. The van der Waals surface area contributed by atoms with Crippen molar-refractivity contribution in [3.05, 3.63) is 285 Å². The molecule has 13 rings (SSSR count). The Kier molecular flexibility index (Phi) is 10.9. The molecule has 0 spiro atoms. The Morgan fingerprint density at radius 1 is 0.315 bits per heavy atom. The number of halogens is 2. The zero-order chi connectivity index (χ0) is 48.8. The maximum absolute atomic E-state index is 17.7. The normalized spacial score (nSPS) is 11.7. The number of para-hydroxylation sites is 3. The van der Waals surface area contributed by atoms with Crippen LogP contribution in [0.2, 0.25) is 0 Å². The summed E-state index contributed by atoms with van der Waals surface area (Å²) in [6, 6.07) is 91.6. The van der Waals surface area contributed by atoms with E-state index in [0.29, 0.717) is 11.4 Å². The minimum absolute atomic E-state index is 0.325. The second kappa shape index (κ2) is 18.3. The monoisotopic (exact) mass is 941 g/mol. The van der Waals surface area contributed by atoms with Gasteiger partial charge in [-0.25, -0.2) is 8.78 Å². The van der Waals surface area contributed by atoms with E-state index in [1.807, 2.05) is 133 Å². The zero-order valence-electron chi connectivity index (χ0n) is 39.6. The molecule has 0 saturated carbocycles. The molecule has 0 unspecified atom stereocenters. The van der Waals surface area contributed by atoms with Gasteiger partial charge in [-0.05, 0) is 135 Å². The summed E-state index contributed by atoms with van der Waals surface area (Å²) in [4.78, 5) is 6.55. The fraction of sp³-hybridized carbons (Fsp3) is 0. The van der Waals surface area contributed by atoms with Crippen LogP contribution in [0.15, 0.2) is 273 Å². The number of anilines is 9. The Hall–Kier alpha value is -9.58. The van der Waals surface area contributed by atoms with Crippen LogP contribution in [0, 0.1) is 11.6 Å². The van der Waals surface area contributed by atoms with E-state index in [1.54, 1.807) is 18.2 Å². The number of hydrogen-bond acceptors (Lipinski definition) is 3. The van der Waals surface area contributed by atoms with Crippen molar-refractivity contribution in [2.45, 2.75) is 0 Å². The number of nitrogens with zero attached hydrogens (tertiary/aromatic N) is 3. The molecule has 1 aliphatic heterocycles. The van der Waals surface area contributed by atoms with Crippen molar-refractivity contribution in [3.63, 3.8) is 0 Å². The molecule has 0 amide bonds. The summed E-state index contributed by atoms with van der Waals surface area (Å²) in [7, 11) is 0.